The average molecular weight is 264 g/mol. The molecule has 6 nitrogen and oxygen atoms in total. The third-order valence-corrected chi connectivity index (χ3v) is 2.30. The Morgan fingerprint density at radius 3 is 2.05 bits per heavy atom. The van der Waals surface area contributed by atoms with E-state index < -0.39 is 17.9 Å². The number of methoxy groups -OCH3 is 2. The van der Waals surface area contributed by atoms with Crippen LogP contribution in [0.3, 0.4) is 0 Å². The van der Waals surface area contributed by atoms with Gasteiger partial charge in [0.25, 0.3) is 0 Å². The van der Waals surface area contributed by atoms with E-state index in [1.165, 1.54) is 18.2 Å². The molecule has 0 saturated heterocycles. The van der Waals surface area contributed by atoms with E-state index in [0.29, 0.717) is 0 Å². The van der Waals surface area contributed by atoms with Crippen LogP contribution in [-0.4, -0.2) is 37.2 Å². The van der Waals surface area contributed by atoms with E-state index in [9.17, 15) is 14.4 Å². The molecular weight excluding hydrogens is 252 g/mol. The molecule has 0 unspecified atom stereocenters. The minimum atomic E-state index is -1.17. The topological polar surface area (TPSA) is 89.9 Å². The number of ether oxygens (including phenoxy) is 2. The highest BCUT2D eigenvalue weighted by Gasteiger charge is 2.20. The number of benzene rings is 1. The van der Waals surface area contributed by atoms with Gasteiger partial charge in [0.05, 0.1) is 19.8 Å². The maximum absolute atomic E-state index is 11.5. The van der Waals surface area contributed by atoms with Crippen molar-refractivity contribution in [3.63, 3.8) is 0 Å². The zero-order valence-electron chi connectivity index (χ0n) is 10.4. The van der Waals surface area contributed by atoms with Crippen LogP contribution in [0.15, 0.2) is 29.8 Å². The molecule has 0 aliphatic carbocycles. The normalized spacial score (nSPS) is 9.37. The Hall–Kier alpha value is -2.63. The Kier molecular flexibility index (Phi) is 4.82. The number of rotatable bonds is 4. The lowest BCUT2D eigenvalue weighted by Gasteiger charge is -2.05. The van der Waals surface area contributed by atoms with Gasteiger partial charge in [0.2, 0.25) is 0 Å². The summed E-state index contributed by atoms with van der Waals surface area (Å²) in [5.41, 5.74) is -0.202. The summed E-state index contributed by atoms with van der Waals surface area (Å²) in [7, 11) is 2.23. The molecule has 0 fully saturated rings. The van der Waals surface area contributed by atoms with Crippen LogP contribution in [0.25, 0.3) is 6.08 Å². The largest absolute Gasteiger partial charge is 0.478 e. The molecule has 0 amide bonds. The van der Waals surface area contributed by atoms with Gasteiger partial charge < -0.3 is 14.6 Å². The lowest BCUT2D eigenvalue weighted by Crippen LogP contribution is -2.16. The fourth-order valence-corrected chi connectivity index (χ4v) is 1.39. The second-order valence-corrected chi connectivity index (χ2v) is 3.43. The summed E-state index contributed by atoms with van der Waals surface area (Å²) < 4.78 is 8.90. The Morgan fingerprint density at radius 1 is 1.05 bits per heavy atom. The van der Waals surface area contributed by atoms with E-state index in [1.54, 1.807) is 6.07 Å². The molecule has 1 rings (SSSR count). The monoisotopic (exact) mass is 264 g/mol. The van der Waals surface area contributed by atoms with Crippen LogP contribution in [0.1, 0.15) is 15.9 Å². The van der Waals surface area contributed by atoms with Crippen molar-refractivity contribution in [2.45, 2.75) is 0 Å². The van der Waals surface area contributed by atoms with Crippen LogP contribution in [0.5, 0.6) is 0 Å². The first-order chi connectivity index (χ1) is 9.01. The second-order valence-electron chi connectivity index (χ2n) is 3.43. The molecule has 0 atom stereocenters. The average Bonchev–Trinajstić information content (AvgIpc) is 2.43. The molecule has 0 bridgehead atoms. The Morgan fingerprint density at radius 2 is 1.58 bits per heavy atom. The van der Waals surface area contributed by atoms with Crippen LogP contribution in [0, 0.1) is 0 Å². The van der Waals surface area contributed by atoms with Crippen LogP contribution < -0.4 is 0 Å². The van der Waals surface area contributed by atoms with Crippen molar-refractivity contribution < 1.29 is 29.0 Å². The van der Waals surface area contributed by atoms with Crippen LogP contribution in [0.2, 0.25) is 0 Å². The van der Waals surface area contributed by atoms with Crippen molar-refractivity contribution in [2.24, 2.45) is 0 Å². The molecule has 0 radical (unpaired) electrons. The molecule has 1 aromatic rings. The van der Waals surface area contributed by atoms with Gasteiger partial charge in [0.15, 0.2) is 0 Å². The summed E-state index contributed by atoms with van der Waals surface area (Å²) in [4.78, 5) is 33.9. The predicted octanol–water partition coefficient (Wildman–Crippen LogP) is 1.11. The summed E-state index contributed by atoms with van der Waals surface area (Å²) in [6.07, 6.45) is 1.13. The summed E-state index contributed by atoms with van der Waals surface area (Å²) in [6, 6.07) is 5.96. The minimum Gasteiger partial charge on any atom is -0.478 e. The van der Waals surface area contributed by atoms with E-state index in [2.05, 4.69) is 9.47 Å². The molecule has 0 aromatic heterocycles. The lowest BCUT2D eigenvalue weighted by molar-refractivity contribution is -0.143. The fourth-order valence-electron chi connectivity index (χ4n) is 1.39. The smallest absolute Gasteiger partial charge is 0.345 e. The van der Waals surface area contributed by atoms with Gasteiger partial charge in [0, 0.05) is 0 Å². The van der Waals surface area contributed by atoms with E-state index in [4.69, 9.17) is 5.11 Å². The van der Waals surface area contributed by atoms with Gasteiger partial charge in [0.1, 0.15) is 5.57 Å². The molecule has 1 N–H and O–H groups in total. The van der Waals surface area contributed by atoms with Crippen molar-refractivity contribution >= 4 is 24.0 Å². The van der Waals surface area contributed by atoms with E-state index in [-0.39, 0.29) is 16.7 Å². The molecule has 19 heavy (non-hydrogen) atoms. The minimum absolute atomic E-state index is 0.0344. The number of hydrogen-bond donors (Lipinski definition) is 1. The zero-order valence-corrected chi connectivity index (χ0v) is 10.4. The summed E-state index contributed by atoms with van der Waals surface area (Å²) in [5, 5.41) is 9.01. The fraction of sp³-hybridized carbons (Fsp3) is 0.154. The number of carboxylic acids is 1. The van der Waals surface area contributed by atoms with Crippen LogP contribution in [0.4, 0.5) is 0 Å². The van der Waals surface area contributed by atoms with Crippen molar-refractivity contribution in [3.8, 4) is 0 Å². The number of aromatic carboxylic acids is 1. The second kappa shape index (κ2) is 6.34. The van der Waals surface area contributed by atoms with E-state index >= 15 is 0 Å². The van der Waals surface area contributed by atoms with Crippen LogP contribution in [-0.2, 0) is 19.1 Å². The molecule has 1 aromatic carbocycles. The van der Waals surface area contributed by atoms with Crippen molar-refractivity contribution in [3.05, 3.63) is 41.0 Å². The molecule has 0 aliphatic rings. The number of carboxylic acid groups (broad SMARTS) is 1. The molecule has 0 heterocycles. The highest BCUT2D eigenvalue weighted by molar-refractivity contribution is 6.18. The van der Waals surface area contributed by atoms with Crippen molar-refractivity contribution in [1.82, 2.24) is 0 Å². The van der Waals surface area contributed by atoms with Gasteiger partial charge in [-0.3, -0.25) is 0 Å². The zero-order chi connectivity index (χ0) is 14.4. The molecule has 6 heteroatoms. The van der Waals surface area contributed by atoms with Crippen LogP contribution >= 0.6 is 0 Å². The molecule has 100 valence electrons. The molecule has 0 saturated carbocycles. The predicted molar refractivity (Wildman–Crippen MR) is 65.4 cm³/mol. The van der Waals surface area contributed by atoms with E-state index in [1.807, 2.05) is 0 Å². The van der Waals surface area contributed by atoms with Gasteiger partial charge in [-0.2, -0.15) is 0 Å². The summed E-state index contributed by atoms with van der Waals surface area (Å²) in [5.74, 6) is -2.96. The summed E-state index contributed by atoms with van der Waals surface area (Å²) in [6.45, 7) is 0. The third-order valence-electron chi connectivity index (χ3n) is 2.30. The number of esters is 2. The third kappa shape index (κ3) is 3.41. The maximum Gasteiger partial charge on any atom is 0.345 e. The number of hydrogen-bond acceptors (Lipinski definition) is 5. The highest BCUT2D eigenvalue weighted by atomic mass is 16.5. The van der Waals surface area contributed by atoms with Crippen molar-refractivity contribution in [2.75, 3.05) is 14.2 Å². The number of carbonyl (C=O) groups excluding carboxylic acids is 2. The summed E-state index contributed by atoms with van der Waals surface area (Å²) >= 11 is 0. The van der Waals surface area contributed by atoms with Gasteiger partial charge in [-0.05, 0) is 17.7 Å². The number of carbonyl (C=O) groups is 3. The highest BCUT2D eigenvalue weighted by Crippen LogP contribution is 2.15. The molecule has 0 spiro atoms. The SMILES string of the molecule is COC(=O)C(=Cc1ccccc1C(=O)O)C(=O)OC. The Bertz CT molecular complexity index is 526. The van der Waals surface area contributed by atoms with Gasteiger partial charge in [-0.1, -0.05) is 18.2 Å². The van der Waals surface area contributed by atoms with Gasteiger partial charge >= 0.3 is 17.9 Å². The standard InChI is InChI=1S/C13H12O6/c1-18-12(16)10(13(17)19-2)7-8-5-3-4-6-9(8)11(14)15/h3-7H,1-2H3,(H,14,15). The maximum atomic E-state index is 11.5. The lowest BCUT2D eigenvalue weighted by atomic mass is 10.0. The Labute approximate surface area is 109 Å². The van der Waals surface area contributed by atoms with Crippen molar-refractivity contribution in [1.29, 1.82) is 0 Å². The first-order valence-corrected chi connectivity index (χ1v) is 5.22. The molecular formula is C13H12O6. The Balaban J connectivity index is 3.34. The quantitative estimate of drug-likeness (QED) is 0.379. The van der Waals surface area contributed by atoms with Gasteiger partial charge in [-0.25, -0.2) is 14.4 Å². The van der Waals surface area contributed by atoms with Gasteiger partial charge in [-0.15, -0.1) is 0 Å². The first kappa shape index (κ1) is 14.4. The van der Waals surface area contributed by atoms with E-state index in [0.717, 1.165) is 20.3 Å². The first-order valence-electron chi connectivity index (χ1n) is 5.22. The molecule has 0 aliphatic heterocycles.